The molecule has 1 N–H and O–H groups in total. The number of piperidine rings is 1. The zero-order chi connectivity index (χ0) is 12.8. The molecule has 0 aromatic carbocycles. The fourth-order valence-corrected chi connectivity index (χ4v) is 2.41. The Morgan fingerprint density at radius 3 is 2.94 bits per heavy atom. The van der Waals surface area contributed by atoms with Gasteiger partial charge in [-0.25, -0.2) is 0 Å². The first kappa shape index (κ1) is 13.0. The Bertz CT molecular complexity index is 378. The van der Waals surface area contributed by atoms with Gasteiger partial charge in [0.05, 0.1) is 6.04 Å². The van der Waals surface area contributed by atoms with Crippen LogP contribution >= 0.6 is 0 Å². The Kier molecular flexibility index (Phi) is 4.70. The van der Waals surface area contributed by atoms with Gasteiger partial charge in [-0.15, -0.1) is 0 Å². The lowest BCUT2D eigenvalue weighted by atomic mass is 10.0. The lowest BCUT2D eigenvalue weighted by Crippen LogP contribution is -2.51. The topological polar surface area (TPSA) is 45.2 Å². The summed E-state index contributed by atoms with van der Waals surface area (Å²) in [6.45, 7) is 4.61. The molecule has 0 radical (unpaired) electrons. The second kappa shape index (κ2) is 6.50. The van der Waals surface area contributed by atoms with Crippen LogP contribution in [0, 0.1) is 0 Å². The lowest BCUT2D eigenvalue weighted by Gasteiger charge is -2.32. The number of amides is 1. The number of hydrogen-bond acceptors (Lipinski definition) is 3. The first-order chi connectivity index (χ1) is 8.81. The van der Waals surface area contributed by atoms with Gasteiger partial charge in [0.15, 0.2) is 0 Å². The normalized spacial score (nSPS) is 20.2. The lowest BCUT2D eigenvalue weighted by molar-refractivity contribution is -0.135. The van der Waals surface area contributed by atoms with E-state index in [1.807, 2.05) is 24.0 Å². The second-order valence-electron chi connectivity index (χ2n) is 4.68. The first-order valence-electron chi connectivity index (χ1n) is 6.72. The quantitative estimate of drug-likeness (QED) is 0.851. The molecule has 1 atom stereocenters. The summed E-state index contributed by atoms with van der Waals surface area (Å²) in [5.41, 5.74) is 1.24. The van der Waals surface area contributed by atoms with Crippen LogP contribution in [0.4, 0.5) is 0 Å². The van der Waals surface area contributed by atoms with E-state index in [4.69, 9.17) is 0 Å². The molecule has 0 bridgehead atoms. The zero-order valence-corrected chi connectivity index (χ0v) is 10.9. The third-order valence-corrected chi connectivity index (χ3v) is 3.40. The number of carbonyl (C=O) groups excluding carboxylic acids is 1. The molecule has 4 nitrogen and oxygen atoms in total. The number of pyridine rings is 1. The Morgan fingerprint density at radius 1 is 1.44 bits per heavy atom. The number of hydrogen-bond donors (Lipinski definition) is 1. The van der Waals surface area contributed by atoms with E-state index in [1.165, 1.54) is 5.56 Å². The molecule has 1 aliphatic heterocycles. The highest BCUT2D eigenvalue weighted by molar-refractivity contribution is 5.82. The van der Waals surface area contributed by atoms with E-state index in [9.17, 15) is 4.79 Å². The highest BCUT2D eigenvalue weighted by Crippen LogP contribution is 2.12. The van der Waals surface area contributed by atoms with E-state index in [0.717, 1.165) is 38.9 Å². The van der Waals surface area contributed by atoms with Gasteiger partial charge < -0.3 is 10.2 Å². The number of nitrogens with one attached hydrogen (secondary N) is 1. The van der Waals surface area contributed by atoms with Crippen molar-refractivity contribution in [3.05, 3.63) is 30.1 Å². The van der Waals surface area contributed by atoms with Crippen molar-refractivity contribution < 1.29 is 4.79 Å². The molecule has 0 spiro atoms. The Labute approximate surface area is 108 Å². The van der Waals surface area contributed by atoms with E-state index in [-0.39, 0.29) is 11.9 Å². The average Bonchev–Trinajstić information content (AvgIpc) is 2.41. The molecule has 1 unspecified atom stereocenters. The smallest absolute Gasteiger partial charge is 0.239 e. The number of rotatable bonds is 5. The van der Waals surface area contributed by atoms with Gasteiger partial charge in [0, 0.05) is 25.5 Å². The molecule has 2 rings (SSSR count). The van der Waals surface area contributed by atoms with Crippen molar-refractivity contribution in [2.24, 2.45) is 0 Å². The molecule has 98 valence electrons. The minimum Gasteiger partial charge on any atom is -0.341 e. The Balaban J connectivity index is 1.87. The van der Waals surface area contributed by atoms with Gasteiger partial charge in [-0.1, -0.05) is 6.92 Å². The van der Waals surface area contributed by atoms with Crippen LogP contribution in [-0.4, -0.2) is 41.5 Å². The molecule has 1 saturated heterocycles. The van der Waals surface area contributed by atoms with E-state index in [0.29, 0.717) is 0 Å². The van der Waals surface area contributed by atoms with E-state index >= 15 is 0 Å². The Hall–Kier alpha value is -1.42. The summed E-state index contributed by atoms with van der Waals surface area (Å²) in [5, 5.41) is 3.26. The van der Waals surface area contributed by atoms with Crippen LogP contribution in [0.5, 0.6) is 0 Å². The number of likely N-dealkylation sites (N-methyl/N-ethyl adjacent to an activating group) is 1. The zero-order valence-electron chi connectivity index (χ0n) is 10.9. The minimum atomic E-state index is 0.0289. The standard InChI is InChI=1S/C14H21N3O/c1-2-16-13-4-3-10-17(14(13)18)11-7-12-5-8-15-9-6-12/h5-6,8-9,13,16H,2-4,7,10-11H2,1H3. The van der Waals surface area contributed by atoms with Gasteiger partial charge in [0.25, 0.3) is 0 Å². The van der Waals surface area contributed by atoms with Crippen LogP contribution in [0.25, 0.3) is 0 Å². The molecule has 0 saturated carbocycles. The molecular formula is C14H21N3O. The largest absolute Gasteiger partial charge is 0.341 e. The summed E-state index contributed by atoms with van der Waals surface area (Å²) in [7, 11) is 0. The molecule has 1 aliphatic rings. The number of nitrogens with zero attached hydrogens (tertiary/aromatic N) is 2. The molecule has 1 fully saturated rings. The van der Waals surface area contributed by atoms with Crippen LogP contribution in [0.15, 0.2) is 24.5 Å². The van der Waals surface area contributed by atoms with Gasteiger partial charge in [-0.3, -0.25) is 9.78 Å². The maximum absolute atomic E-state index is 12.2. The SMILES string of the molecule is CCNC1CCCN(CCc2ccncc2)C1=O. The summed E-state index contributed by atoms with van der Waals surface area (Å²) in [4.78, 5) is 18.2. The first-order valence-corrected chi connectivity index (χ1v) is 6.72. The predicted octanol–water partition coefficient (Wildman–Crippen LogP) is 1.22. The van der Waals surface area contributed by atoms with Crippen LogP contribution in [0.3, 0.4) is 0 Å². The molecule has 1 aromatic heterocycles. The van der Waals surface area contributed by atoms with Gasteiger partial charge in [-0.2, -0.15) is 0 Å². The summed E-state index contributed by atoms with van der Waals surface area (Å²) < 4.78 is 0. The molecular weight excluding hydrogens is 226 g/mol. The second-order valence-corrected chi connectivity index (χ2v) is 4.68. The van der Waals surface area contributed by atoms with Crippen molar-refractivity contribution in [1.29, 1.82) is 0 Å². The van der Waals surface area contributed by atoms with Crippen LogP contribution in [0.2, 0.25) is 0 Å². The fourth-order valence-electron chi connectivity index (χ4n) is 2.41. The fraction of sp³-hybridized carbons (Fsp3) is 0.571. The third-order valence-electron chi connectivity index (χ3n) is 3.40. The van der Waals surface area contributed by atoms with Crippen molar-refractivity contribution in [3.63, 3.8) is 0 Å². The number of likely N-dealkylation sites (tertiary alicyclic amines) is 1. The molecule has 1 amide bonds. The predicted molar refractivity (Wildman–Crippen MR) is 71.2 cm³/mol. The third kappa shape index (κ3) is 3.29. The maximum atomic E-state index is 12.2. The number of aromatic nitrogens is 1. The molecule has 4 heteroatoms. The van der Waals surface area contributed by atoms with E-state index in [2.05, 4.69) is 10.3 Å². The van der Waals surface area contributed by atoms with E-state index < -0.39 is 0 Å². The van der Waals surface area contributed by atoms with Crippen LogP contribution in [0.1, 0.15) is 25.3 Å². The van der Waals surface area contributed by atoms with E-state index in [1.54, 1.807) is 12.4 Å². The Morgan fingerprint density at radius 2 is 2.22 bits per heavy atom. The van der Waals surface area contributed by atoms with Gasteiger partial charge in [-0.05, 0) is 43.5 Å². The molecule has 18 heavy (non-hydrogen) atoms. The van der Waals surface area contributed by atoms with Crippen molar-refractivity contribution >= 4 is 5.91 Å². The molecule has 1 aromatic rings. The average molecular weight is 247 g/mol. The van der Waals surface area contributed by atoms with Crippen molar-refractivity contribution in [1.82, 2.24) is 15.2 Å². The van der Waals surface area contributed by atoms with Gasteiger partial charge >= 0.3 is 0 Å². The van der Waals surface area contributed by atoms with Gasteiger partial charge in [0.2, 0.25) is 5.91 Å². The van der Waals surface area contributed by atoms with Crippen LogP contribution in [-0.2, 0) is 11.2 Å². The van der Waals surface area contributed by atoms with Crippen molar-refractivity contribution in [2.75, 3.05) is 19.6 Å². The summed E-state index contributed by atoms with van der Waals surface area (Å²) in [6.07, 6.45) is 6.58. The maximum Gasteiger partial charge on any atom is 0.239 e. The summed E-state index contributed by atoms with van der Waals surface area (Å²) in [6, 6.07) is 4.05. The number of carbonyl (C=O) groups is 1. The highest BCUT2D eigenvalue weighted by Gasteiger charge is 2.27. The monoisotopic (exact) mass is 247 g/mol. The molecule has 2 heterocycles. The van der Waals surface area contributed by atoms with Crippen LogP contribution < -0.4 is 5.32 Å². The molecule has 0 aliphatic carbocycles. The summed E-state index contributed by atoms with van der Waals surface area (Å²) >= 11 is 0. The van der Waals surface area contributed by atoms with Crippen molar-refractivity contribution in [2.45, 2.75) is 32.2 Å². The van der Waals surface area contributed by atoms with Crippen molar-refractivity contribution in [3.8, 4) is 0 Å². The summed E-state index contributed by atoms with van der Waals surface area (Å²) in [5.74, 6) is 0.261. The highest BCUT2D eigenvalue weighted by atomic mass is 16.2. The minimum absolute atomic E-state index is 0.0289. The van der Waals surface area contributed by atoms with Gasteiger partial charge in [0.1, 0.15) is 0 Å².